The molecule has 1 N–H and O–H groups in total. The lowest BCUT2D eigenvalue weighted by Crippen LogP contribution is -2.24. The van der Waals surface area contributed by atoms with Gasteiger partial charge in [0.15, 0.2) is 0 Å². The van der Waals surface area contributed by atoms with Crippen molar-refractivity contribution in [2.24, 2.45) is 0 Å². The van der Waals surface area contributed by atoms with Crippen molar-refractivity contribution in [3.05, 3.63) is 65.7 Å². The Morgan fingerprint density at radius 3 is 2.62 bits per heavy atom. The lowest BCUT2D eigenvalue weighted by molar-refractivity contribution is 0.579. The number of benzene rings is 1. The molecule has 0 radical (unpaired) electrons. The van der Waals surface area contributed by atoms with Crippen LogP contribution in [0, 0.1) is 0 Å². The van der Waals surface area contributed by atoms with Gasteiger partial charge in [0.25, 0.3) is 0 Å². The van der Waals surface area contributed by atoms with Gasteiger partial charge >= 0.3 is 0 Å². The van der Waals surface area contributed by atoms with E-state index in [1.807, 2.05) is 6.07 Å². The SMILES string of the molecule is O=S(=O)(NCc1cn(-c2ccncc2)nn1)c1ccc2c(c1)CCCC2. The zero-order valence-electron chi connectivity index (χ0n) is 14.2. The fraction of sp³-hybridized carbons (Fsp3) is 0.278. The maximum atomic E-state index is 12.6. The molecule has 1 aliphatic rings. The number of aryl methyl sites for hydroxylation is 2. The van der Waals surface area contributed by atoms with Gasteiger partial charge in [0.05, 0.1) is 29.0 Å². The fourth-order valence-electron chi connectivity index (χ4n) is 3.13. The van der Waals surface area contributed by atoms with E-state index in [1.54, 1.807) is 47.5 Å². The van der Waals surface area contributed by atoms with E-state index in [1.165, 1.54) is 12.0 Å². The lowest BCUT2D eigenvalue weighted by atomic mass is 9.92. The molecule has 2 heterocycles. The highest BCUT2D eigenvalue weighted by Crippen LogP contribution is 2.24. The Kier molecular flexibility index (Phi) is 4.52. The van der Waals surface area contributed by atoms with Crippen LogP contribution < -0.4 is 4.72 Å². The molecule has 1 aromatic carbocycles. The largest absolute Gasteiger partial charge is 0.265 e. The number of hydrogen-bond acceptors (Lipinski definition) is 5. The van der Waals surface area contributed by atoms with Gasteiger partial charge in [0.1, 0.15) is 0 Å². The predicted octanol–water partition coefficient (Wildman–Crippen LogP) is 2.02. The molecule has 0 bridgehead atoms. The molecule has 0 atom stereocenters. The van der Waals surface area contributed by atoms with Crippen LogP contribution in [0.5, 0.6) is 0 Å². The normalized spacial score (nSPS) is 14.2. The Labute approximate surface area is 152 Å². The maximum absolute atomic E-state index is 12.6. The van der Waals surface area contributed by atoms with Gasteiger partial charge in [-0.15, -0.1) is 5.10 Å². The van der Waals surface area contributed by atoms with E-state index in [2.05, 4.69) is 20.0 Å². The van der Waals surface area contributed by atoms with E-state index >= 15 is 0 Å². The van der Waals surface area contributed by atoms with Crippen molar-refractivity contribution in [2.75, 3.05) is 0 Å². The third-order valence-electron chi connectivity index (χ3n) is 4.54. The molecule has 0 saturated heterocycles. The zero-order chi connectivity index (χ0) is 18.0. The van der Waals surface area contributed by atoms with Gasteiger partial charge in [-0.25, -0.2) is 17.8 Å². The van der Waals surface area contributed by atoms with Gasteiger partial charge in [-0.2, -0.15) is 0 Å². The Morgan fingerprint density at radius 1 is 1.04 bits per heavy atom. The smallest absolute Gasteiger partial charge is 0.240 e. The van der Waals surface area contributed by atoms with E-state index < -0.39 is 10.0 Å². The summed E-state index contributed by atoms with van der Waals surface area (Å²) in [6.07, 6.45) is 9.28. The molecule has 2 aromatic heterocycles. The van der Waals surface area contributed by atoms with Crippen LogP contribution in [-0.2, 0) is 29.4 Å². The Balaban J connectivity index is 1.48. The molecule has 0 fully saturated rings. The number of nitrogens with one attached hydrogen (secondary N) is 1. The third kappa shape index (κ3) is 3.51. The molecule has 0 saturated carbocycles. The van der Waals surface area contributed by atoms with Gasteiger partial charge < -0.3 is 0 Å². The second kappa shape index (κ2) is 6.97. The van der Waals surface area contributed by atoms with E-state index in [-0.39, 0.29) is 6.54 Å². The fourth-order valence-corrected chi connectivity index (χ4v) is 4.18. The highest BCUT2D eigenvalue weighted by molar-refractivity contribution is 7.89. The number of hydrogen-bond donors (Lipinski definition) is 1. The number of rotatable bonds is 5. The van der Waals surface area contributed by atoms with Crippen molar-refractivity contribution in [1.29, 1.82) is 0 Å². The Morgan fingerprint density at radius 2 is 1.81 bits per heavy atom. The van der Waals surface area contributed by atoms with Gasteiger partial charge in [-0.3, -0.25) is 4.98 Å². The minimum absolute atomic E-state index is 0.0878. The van der Waals surface area contributed by atoms with Gasteiger partial charge in [0, 0.05) is 12.4 Å². The summed E-state index contributed by atoms with van der Waals surface area (Å²) in [4.78, 5) is 4.26. The third-order valence-corrected chi connectivity index (χ3v) is 5.94. The Hall–Kier alpha value is -2.58. The zero-order valence-corrected chi connectivity index (χ0v) is 15.0. The van der Waals surface area contributed by atoms with Crippen LogP contribution in [0.4, 0.5) is 0 Å². The van der Waals surface area contributed by atoms with E-state index in [4.69, 9.17) is 0 Å². The quantitative estimate of drug-likeness (QED) is 0.743. The van der Waals surface area contributed by atoms with Crippen molar-refractivity contribution >= 4 is 10.0 Å². The van der Waals surface area contributed by atoms with Crippen molar-refractivity contribution in [3.8, 4) is 5.69 Å². The lowest BCUT2D eigenvalue weighted by Gasteiger charge is -2.16. The van der Waals surface area contributed by atoms with Crippen molar-refractivity contribution < 1.29 is 8.42 Å². The molecule has 134 valence electrons. The summed E-state index contributed by atoms with van der Waals surface area (Å²) in [6.45, 7) is 0.0878. The van der Waals surface area contributed by atoms with Gasteiger partial charge in [-0.05, 0) is 61.1 Å². The molecule has 0 amide bonds. The highest BCUT2D eigenvalue weighted by Gasteiger charge is 2.18. The van der Waals surface area contributed by atoms with Crippen molar-refractivity contribution in [2.45, 2.75) is 37.1 Å². The average molecular weight is 369 g/mol. The number of sulfonamides is 1. The van der Waals surface area contributed by atoms with Crippen LogP contribution in [-0.4, -0.2) is 28.4 Å². The van der Waals surface area contributed by atoms with Crippen LogP contribution >= 0.6 is 0 Å². The minimum Gasteiger partial charge on any atom is -0.265 e. The summed E-state index contributed by atoms with van der Waals surface area (Å²) in [5.74, 6) is 0. The summed E-state index contributed by atoms with van der Waals surface area (Å²) < 4.78 is 29.4. The second-order valence-electron chi connectivity index (χ2n) is 6.32. The first kappa shape index (κ1) is 16.9. The monoisotopic (exact) mass is 369 g/mol. The molecule has 8 heteroatoms. The van der Waals surface area contributed by atoms with Crippen LogP contribution in [0.15, 0.2) is 53.8 Å². The van der Waals surface area contributed by atoms with Crippen LogP contribution in [0.1, 0.15) is 29.7 Å². The molecule has 3 aromatic rings. The summed E-state index contributed by atoms with van der Waals surface area (Å²) in [6, 6.07) is 9.01. The molecule has 0 spiro atoms. The van der Waals surface area contributed by atoms with Crippen LogP contribution in [0.25, 0.3) is 5.69 Å². The first-order chi connectivity index (χ1) is 12.6. The highest BCUT2D eigenvalue weighted by atomic mass is 32.2. The van der Waals surface area contributed by atoms with Crippen molar-refractivity contribution in [1.82, 2.24) is 24.7 Å². The summed E-state index contributed by atoms with van der Waals surface area (Å²) >= 11 is 0. The standard InChI is InChI=1S/C18H19N5O2S/c24-26(25,18-6-5-14-3-1-2-4-15(14)11-18)20-12-16-13-23(22-21-16)17-7-9-19-10-8-17/h5-11,13,20H,1-4,12H2. The minimum atomic E-state index is -3.58. The van der Waals surface area contributed by atoms with Gasteiger partial charge in [-0.1, -0.05) is 11.3 Å². The Bertz CT molecular complexity index is 1020. The molecule has 0 aliphatic heterocycles. The van der Waals surface area contributed by atoms with E-state index in [0.29, 0.717) is 10.6 Å². The predicted molar refractivity (Wildman–Crippen MR) is 96.3 cm³/mol. The maximum Gasteiger partial charge on any atom is 0.240 e. The van der Waals surface area contributed by atoms with Crippen LogP contribution in [0.3, 0.4) is 0 Å². The van der Waals surface area contributed by atoms with Gasteiger partial charge in [0.2, 0.25) is 10.0 Å². The molecular formula is C18H19N5O2S. The first-order valence-electron chi connectivity index (χ1n) is 8.55. The van der Waals surface area contributed by atoms with Crippen molar-refractivity contribution in [3.63, 3.8) is 0 Å². The molecule has 26 heavy (non-hydrogen) atoms. The van der Waals surface area contributed by atoms with Crippen LogP contribution in [0.2, 0.25) is 0 Å². The molecule has 7 nitrogen and oxygen atoms in total. The summed E-state index contributed by atoms with van der Waals surface area (Å²) in [5.41, 5.74) is 3.76. The first-order valence-corrected chi connectivity index (χ1v) is 10.0. The summed E-state index contributed by atoms with van der Waals surface area (Å²) in [5, 5.41) is 8.05. The number of fused-ring (bicyclic) bond motifs is 1. The molecule has 1 aliphatic carbocycles. The number of pyridine rings is 1. The molecule has 4 rings (SSSR count). The topological polar surface area (TPSA) is 89.8 Å². The molecule has 0 unspecified atom stereocenters. The number of nitrogens with zero attached hydrogens (tertiary/aromatic N) is 4. The average Bonchev–Trinajstić information content (AvgIpc) is 3.16. The second-order valence-corrected chi connectivity index (χ2v) is 8.09. The molecular weight excluding hydrogens is 350 g/mol. The summed E-state index contributed by atoms with van der Waals surface area (Å²) in [7, 11) is -3.58. The van der Waals surface area contributed by atoms with E-state index in [0.717, 1.165) is 30.5 Å². The number of aromatic nitrogens is 4. The van der Waals surface area contributed by atoms with E-state index in [9.17, 15) is 8.42 Å².